The minimum Gasteiger partial charge on any atom is -0.492 e. The number of aromatic hydroxyl groups is 1. The van der Waals surface area contributed by atoms with Crippen molar-refractivity contribution in [2.24, 2.45) is 22.1 Å². The second-order valence-corrected chi connectivity index (χ2v) is 11.0. The Morgan fingerprint density at radius 1 is 1.02 bits per heavy atom. The largest absolute Gasteiger partial charge is 0.492 e. The van der Waals surface area contributed by atoms with E-state index in [9.17, 15) is 20.0 Å². The van der Waals surface area contributed by atoms with E-state index in [0.717, 1.165) is 69.1 Å². The number of amides is 1. The maximum Gasteiger partial charge on any atom is 0.290 e. The molecule has 1 aromatic heterocycles. The fourth-order valence-electron chi connectivity index (χ4n) is 5.06. The van der Waals surface area contributed by atoms with Crippen LogP contribution in [0.3, 0.4) is 0 Å². The highest BCUT2D eigenvalue weighted by Gasteiger charge is 2.23. The van der Waals surface area contributed by atoms with Crippen molar-refractivity contribution in [1.82, 2.24) is 9.58 Å². The molecule has 1 heterocycles. The Bertz CT molecular complexity index is 1260. The zero-order valence-electron chi connectivity index (χ0n) is 26.0. The van der Waals surface area contributed by atoms with E-state index < -0.39 is 11.4 Å². The first-order valence-electron chi connectivity index (χ1n) is 15.0. The number of hydrogen-bond donors (Lipinski definition) is 1. The van der Waals surface area contributed by atoms with Gasteiger partial charge in [0.05, 0.1) is 5.69 Å². The molecule has 1 amide bonds. The fourth-order valence-corrected chi connectivity index (χ4v) is 5.06. The highest BCUT2D eigenvalue weighted by atomic mass is 16.3. The number of rotatable bonds is 16. The molecular formula is C32H48N6O3. The molecule has 0 radical (unpaired) electrons. The van der Waals surface area contributed by atoms with Crippen LogP contribution in [-0.2, 0) is 0 Å². The molecular weight excluding hydrogens is 516 g/mol. The number of aromatic nitrogens is 1. The van der Waals surface area contributed by atoms with Crippen molar-refractivity contribution < 1.29 is 9.90 Å². The summed E-state index contributed by atoms with van der Waals surface area (Å²) in [5.74, 6) is 0.490. The zero-order valence-corrected chi connectivity index (χ0v) is 26.0. The maximum atomic E-state index is 13.9. The van der Waals surface area contributed by atoms with Gasteiger partial charge < -0.3 is 15.0 Å². The molecule has 41 heavy (non-hydrogen) atoms. The first kappa shape index (κ1) is 33.5. The Labute approximate surface area is 245 Å². The predicted octanol–water partition coefficient (Wildman–Crippen LogP) is 7.22. The zero-order chi connectivity index (χ0) is 30.5. The number of hydrogen-bond acceptors (Lipinski definition) is 7. The monoisotopic (exact) mass is 564 g/mol. The van der Waals surface area contributed by atoms with Crippen molar-refractivity contribution in [2.75, 3.05) is 32.2 Å². The fraction of sp³-hybridized carbons (Fsp3) is 0.594. The van der Waals surface area contributed by atoms with Crippen LogP contribution in [0.25, 0.3) is 0 Å². The van der Waals surface area contributed by atoms with Crippen LogP contribution >= 0.6 is 0 Å². The number of pyridine rings is 1. The van der Waals surface area contributed by atoms with Gasteiger partial charge in [0.25, 0.3) is 11.5 Å². The second-order valence-electron chi connectivity index (χ2n) is 11.0. The minimum absolute atomic E-state index is 0.0149. The van der Waals surface area contributed by atoms with Crippen LogP contribution < -0.4 is 10.6 Å². The summed E-state index contributed by atoms with van der Waals surface area (Å²) in [6, 6.07) is 8.92. The van der Waals surface area contributed by atoms with E-state index in [2.05, 4.69) is 37.9 Å². The highest BCUT2D eigenvalue weighted by molar-refractivity contribution is 5.95. The molecule has 2 aromatic rings. The second kappa shape index (κ2) is 16.6. The molecule has 0 saturated carbocycles. The summed E-state index contributed by atoms with van der Waals surface area (Å²) < 4.78 is 0.975. The number of unbranched alkanes of at least 4 members (excludes halogenated alkanes) is 2. The van der Waals surface area contributed by atoms with Crippen LogP contribution in [0.15, 0.2) is 39.3 Å². The molecule has 0 aliphatic carbocycles. The van der Waals surface area contributed by atoms with E-state index in [1.54, 1.807) is 45.3 Å². The van der Waals surface area contributed by atoms with Gasteiger partial charge in [-0.25, -0.2) is 0 Å². The molecule has 2 rings (SSSR count). The Morgan fingerprint density at radius 3 is 2.10 bits per heavy atom. The topological polar surface area (TPSA) is 114 Å². The molecule has 224 valence electrons. The van der Waals surface area contributed by atoms with Crippen molar-refractivity contribution in [1.29, 1.82) is 5.26 Å². The summed E-state index contributed by atoms with van der Waals surface area (Å²) in [4.78, 5) is 28.6. The molecule has 0 spiro atoms. The third-order valence-corrected chi connectivity index (χ3v) is 7.75. The van der Waals surface area contributed by atoms with Gasteiger partial charge in [-0.05, 0) is 49.8 Å². The molecule has 0 aliphatic rings. The molecule has 0 bridgehead atoms. The van der Waals surface area contributed by atoms with Crippen molar-refractivity contribution in [2.45, 2.75) is 86.0 Å². The number of nitrogens with zero attached hydrogens (tertiary/aromatic N) is 6. The van der Waals surface area contributed by atoms with Crippen molar-refractivity contribution in [3.05, 3.63) is 51.3 Å². The number of nitriles is 1. The van der Waals surface area contributed by atoms with Gasteiger partial charge in [0.1, 0.15) is 11.6 Å². The highest BCUT2D eigenvalue weighted by Crippen LogP contribution is 2.32. The van der Waals surface area contributed by atoms with Gasteiger partial charge in [-0.15, -0.1) is 5.11 Å². The van der Waals surface area contributed by atoms with Crippen LogP contribution in [0.2, 0.25) is 0 Å². The van der Waals surface area contributed by atoms with E-state index in [1.165, 1.54) is 5.01 Å². The van der Waals surface area contributed by atoms with Gasteiger partial charge in [-0.2, -0.15) is 15.1 Å². The summed E-state index contributed by atoms with van der Waals surface area (Å²) in [7, 11) is 3.16. The minimum atomic E-state index is -0.632. The molecule has 9 heteroatoms. The smallest absolute Gasteiger partial charge is 0.290 e. The van der Waals surface area contributed by atoms with Crippen LogP contribution in [0.5, 0.6) is 5.88 Å². The van der Waals surface area contributed by atoms with Crippen LogP contribution in [0, 0.1) is 30.1 Å². The van der Waals surface area contributed by atoms with Gasteiger partial charge in [0.15, 0.2) is 5.69 Å². The molecule has 2 atom stereocenters. The normalized spacial score (nSPS) is 12.7. The van der Waals surface area contributed by atoms with Crippen LogP contribution in [0.4, 0.5) is 11.4 Å². The Balaban J connectivity index is 2.44. The summed E-state index contributed by atoms with van der Waals surface area (Å²) in [6.45, 7) is 11.8. The van der Waals surface area contributed by atoms with E-state index in [0.29, 0.717) is 23.1 Å². The number of azo groups is 1. The van der Waals surface area contributed by atoms with E-state index in [1.807, 2.05) is 11.0 Å². The van der Waals surface area contributed by atoms with Crippen molar-refractivity contribution in [3.63, 3.8) is 0 Å². The lowest BCUT2D eigenvalue weighted by atomic mass is 9.95. The average molecular weight is 565 g/mol. The third-order valence-electron chi connectivity index (χ3n) is 7.75. The quantitative estimate of drug-likeness (QED) is 0.216. The number of carbonyl (C=O) groups is 1. The molecule has 1 aromatic carbocycles. The Hall–Kier alpha value is -3.67. The SMILES string of the molecule is CCCCC(CC)CN(CC(CC)CCCC)C(=O)c1cccc(/N=N/c2c(C)c(C#N)c(=O)n(N(C)C)c2O)c1. The van der Waals surface area contributed by atoms with Gasteiger partial charge in [-0.3, -0.25) is 9.59 Å². The van der Waals surface area contributed by atoms with Gasteiger partial charge >= 0.3 is 0 Å². The lowest BCUT2D eigenvalue weighted by Gasteiger charge is -2.31. The average Bonchev–Trinajstić information content (AvgIpc) is 2.96. The van der Waals surface area contributed by atoms with E-state index in [4.69, 9.17) is 0 Å². The lowest BCUT2D eigenvalue weighted by molar-refractivity contribution is 0.0685. The maximum absolute atomic E-state index is 13.9. The van der Waals surface area contributed by atoms with Crippen molar-refractivity contribution in [3.8, 4) is 11.9 Å². The molecule has 0 saturated heterocycles. The molecule has 2 unspecified atom stereocenters. The standard InChI is InChI=1S/C32H48N6O3/c1-8-12-15-24(10-3)21-37(22-25(11-4)16-13-9-2)30(39)26-17-14-18-27(19-26)34-35-29-23(5)28(20-33)31(40)38(32(29)41)36(6)7/h14,17-19,24-25,41H,8-13,15-16,21-22H2,1-7H3/b35-34+. The van der Waals surface area contributed by atoms with Crippen LogP contribution in [-0.4, -0.2) is 47.8 Å². The van der Waals surface area contributed by atoms with Gasteiger partial charge in [-0.1, -0.05) is 72.3 Å². The summed E-state index contributed by atoms with van der Waals surface area (Å²) >= 11 is 0. The summed E-state index contributed by atoms with van der Waals surface area (Å²) in [6.07, 6.45) is 8.89. The number of benzene rings is 1. The Kier molecular flexibility index (Phi) is 13.5. The molecule has 0 aliphatic heterocycles. The first-order valence-corrected chi connectivity index (χ1v) is 15.0. The molecule has 0 fully saturated rings. The van der Waals surface area contributed by atoms with Crippen LogP contribution in [0.1, 0.15) is 101 Å². The first-order chi connectivity index (χ1) is 19.6. The van der Waals surface area contributed by atoms with Crippen molar-refractivity contribution >= 4 is 17.3 Å². The molecule has 9 nitrogen and oxygen atoms in total. The Morgan fingerprint density at radius 2 is 1.61 bits per heavy atom. The number of carbonyl (C=O) groups excluding carboxylic acids is 1. The van der Waals surface area contributed by atoms with Gasteiger partial charge in [0, 0.05) is 38.3 Å². The summed E-state index contributed by atoms with van der Waals surface area (Å²) in [5.41, 5.74) is 0.489. The lowest BCUT2D eigenvalue weighted by Crippen LogP contribution is -2.39. The summed E-state index contributed by atoms with van der Waals surface area (Å²) in [5, 5.41) is 30.2. The third kappa shape index (κ3) is 8.91. The van der Waals surface area contributed by atoms with E-state index in [-0.39, 0.29) is 22.7 Å². The predicted molar refractivity (Wildman–Crippen MR) is 165 cm³/mol. The van der Waals surface area contributed by atoms with Gasteiger partial charge in [0.2, 0.25) is 5.88 Å². The molecule has 1 N–H and O–H groups in total. The van der Waals surface area contributed by atoms with E-state index >= 15 is 0 Å².